The van der Waals surface area contributed by atoms with E-state index in [-0.39, 0.29) is 0 Å². The molecule has 0 N–H and O–H groups in total. The second-order valence-corrected chi connectivity index (χ2v) is 9.20. The minimum atomic E-state index is 0.836. The monoisotopic (exact) mass is 378 g/mol. The molecule has 1 aliphatic carbocycles. The molecule has 3 heteroatoms. The lowest BCUT2D eigenvalue weighted by Gasteiger charge is -2.26. The highest BCUT2D eigenvalue weighted by Crippen LogP contribution is 2.52. The highest BCUT2D eigenvalue weighted by atomic mass is 16.5. The second-order valence-electron chi connectivity index (χ2n) is 9.20. The van der Waals surface area contributed by atoms with Crippen molar-refractivity contribution in [2.45, 2.75) is 32.2 Å². The Hall–Kier alpha value is -1.42. The summed E-state index contributed by atoms with van der Waals surface area (Å²) < 4.78 is 6.04. The third-order valence-corrected chi connectivity index (χ3v) is 7.19. The molecule has 0 radical (unpaired) electrons. The van der Waals surface area contributed by atoms with Gasteiger partial charge in [0, 0.05) is 32.8 Å². The first-order valence-electron chi connectivity index (χ1n) is 11.4. The molecule has 150 valence electrons. The summed E-state index contributed by atoms with van der Waals surface area (Å²) in [7, 11) is 0. The summed E-state index contributed by atoms with van der Waals surface area (Å²) in [6.07, 6.45) is 5.41. The molecular weight excluding hydrogens is 344 g/mol. The molecule has 3 nitrogen and oxygen atoms in total. The number of fused-ring (bicyclic) bond motifs is 2. The van der Waals surface area contributed by atoms with Crippen LogP contribution in [0.3, 0.4) is 0 Å². The summed E-state index contributed by atoms with van der Waals surface area (Å²) in [5, 5.41) is 2.70. The van der Waals surface area contributed by atoms with Gasteiger partial charge in [-0.05, 0) is 72.5 Å². The van der Waals surface area contributed by atoms with Crippen LogP contribution in [0.15, 0.2) is 42.5 Å². The van der Waals surface area contributed by atoms with Crippen LogP contribution in [0, 0.1) is 17.8 Å². The van der Waals surface area contributed by atoms with Gasteiger partial charge < -0.3 is 9.64 Å². The highest BCUT2D eigenvalue weighted by Gasteiger charge is 2.55. The summed E-state index contributed by atoms with van der Waals surface area (Å²) in [4.78, 5) is 5.26. The number of nitrogens with zero attached hydrogens (tertiary/aromatic N) is 2. The number of hydrogen-bond donors (Lipinski definition) is 0. The van der Waals surface area contributed by atoms with E-state index in [0.29, 0.717) is 0 Å². The van der Waals surface area contributed by atoms with E-state index in [2.05, 4.69) is 52.3 Å². The average molecular weight is 379 g/mol. The zero-order chi connectivity index (χ0) is 18.8. The van der Waals surface area contributed by atoms with E-state index >= 15 is 0 Å². The number of likely N-dealkylation sites (tertiary alicyclic amines) is 2. The summed E-state index contributed by atoms with van der Waals surface area (Å²) in [6, 6.07) is 15.6. The van der Waals surface area contributed by atoms with E-state index in [0.717, 1.165) is 37.5 Å². The van der Waals surface area contributed by atoms with E-state index in [1.165, 1.54) is 74.7 Å². The molecule has 1 saturated carbocycles. The molecule has 0 spiro atoms. The number of rotatable bonds is 8. The van der Waals surface area contributed by atoms with Gasteiger partial charge in [0.25, 0.3) is 0 Å². The molecule has 5 rings (SSSR count). The van der Waals surface area contributed by atoms with Crippen LogP contribution in [-0.4, -0.2) is 55.7 Å². The maximum atomic E-state index is 6.04. The van der Waals surface area contributed by atoms with Crippen LogP contribution in [0.4, 0.5) is 0 Å². The molecule has 2 heterocycles. The van der Waals surface area contributed by atoms with Crippen molar-refractivity contribution in [1.29, 1.82) is 0 Å². The van der Waals surface area contributed by atoms with Crippen molar-refractivity contribution in [3.05, 3.63) is 48.0 Å². The van der Waals surface area contributed by atoms with Crippen molar-refractivity contribution in [2.75, 3.05) is 45.9 Å². The van der Waals surface area contributed by atoms with Crippen molar-refractivity contribution in [1.82, 2.24) is 9.80 Å². The van der Waals surface area contributed by atoms with Crippen molar-refractivity contribution in [3.8, 4) is 0 Å². The Kier molecular flexibility index (Phi) is 5.66. The fourth-order valence-corrected chi connectivity index (χ4v) is 5.50. The number of benzene rings is 2. The number of ether oxygens (including phenoxy) is 1. The van der Waals surface area contributed by atoms with Crippen LogP contribution in [0.1, 0.15) is 31.2 Å². The molecule has 3 atom stereocenters. The summed E-state index contributed by atoms with van der Waals surface area (Å²) in [5.74, 6) is 2.62. The van der Waals surface area contributed by atoms with Crippen LogP contribution in [0.5, 0.6) is 0 Å². The molecule has 3 fully saturated rings. The Labute approximate surface area is 169 Å². The van der Waals surface area contributed by atoms with Crippen LogP contribution in [0.25, 0.3) is 10.8 Å². The maximum Gasteiger partial charge on any atom is 0.0500 e. The van der Waals surface area contributed by atoms with Crippen LogP contribution in [-0.2, 0) is 11.3 Å². The minimum Gasteiger partial charge on any atom is -0.381 e. The second kappa shape index (κ2) is 8.52. The van der Waals surface area contributed by atoms with Gasteiger partial charge in [0.2, 0.25) is 0 Å². The van der Waals surface area contributed by atoms with Gasteiger partial charge in [-0.3, -0.25) is 4.90 Å². The summed E-state index contributed by atoms with van der Waals surface area (Å²) >= 11 is 0. The van der Waals surface area contributed by atoms with Gasteiger partial charge in [-0.1, -0.05) is 42.8 Å². The smallest absolute Gasteiger partial charge is 0.0500 e. The van der Waals surface area contributed by atoms with Gasteiger partial charge in [0.05, 0.1) is 6.61 Å². The molecule has 0 amide bonds. The van der Waals surface area contributed by atoms with Gasteiger partial charge in [-0.2, -0.15) is 0 Å². The lowest BCUT2D eigenvalue weighted by atomic mass is 10.1. The molecule has 0 unspecified atom stereocenters. The molecule has 2 aromatic carbocycles. The predicted molar refractivity (Wildman–Crippen MR) is 115 cm³/mol. The Morgan fingerprint density at radius 3 is 2.46 bits per heavy atom. The van der Waals surface area contributed by atoms with Crippen molar-refractivity contribution < 1.29 is 4.74 Å². The van der Waals surface area contributed by atoms with Crippen molar-refractivity contribution >= 4 is 10.8 Å². The van der Waals surface area contributed by atoms with E-state index in [1.807, 2.05) is 0 Å². The fourth-order valence-electron chi connectivity index (χ4n) is 5.50. The summed E-state index contributed by atoms with van der Waals surface area (Å²) in [5.41, 5.74) is 1.45. The third kappa shape index (κ3) is 4.27. The van der Waals surface area contributed by atoms with E-state index in [4.69, 9.17) is 4.74 Å². The number of piperidine rings is 2. The Balaban J connectivity index is 0.998. The average Bonchev–Trinajstić information content (AvgIpc) is 3.19. The van der Waals surface area contributed by atoms with Crippen LogP contribution < -0.4 is 0 Å². The van der Waals surface area contributed by atoms with Gasteiger partial charge in [0.15, 0.2) is 0 Å². The van der Waals surface area contributed by atoms with Crippen molar-refractivity contribution in [3.63, 3.8) is 0 Å². The maximum absolute atomic E-state index is 6.04. The van der Waals surface area contributed by atoms with Gasteiger partial charge in [-0.15, -0.1) is 0 Å². The topological polar surface area (TPSA) is 15.7 Å². The minimum absolute atomic E-state index is 0.836. The van der Waals surface area contributed by atoms with E-state index in [1.54, 1.807) is 0 Å². The molecule has 2 aromatic rings. The molecule has 28 heavy (non-hydrogen) atoms. The molecule has 0 aromatic heterocycles. The standard InChI is InChI=1S/C25H34N2O/c1-4-11-26(12-5-1)13-6-14-28-19-25-23-17-27(18-24(23)25)16-20-9-10-21-7-2-3-8-22(21)15-20/h2-3,7-10,15,23-25H,1,4-6,11-14,16-19H2/t23-,24+,25+. The molecular formula is C25H34N2O. The third-order valence-electron chi connectivity index (χ3n) is 7.19. The van der Waals surface area contributed by atoms with E-state index < -0.39 is 0 Å². The van der Waals surface area contributed by atoms with Crippen LogP contribution in [0.2, 0.25) is 0 Å². The van der Waals surface area contributed by atoms with Gasteiger partial charge >= 0.3 is 0 Å². The normalized spacial score (nSPS) is 27.9. The zero-order valence-electron chi connectivity index (χ0n) is 17.1. The zero-order valence-corrected chi connectivity index (χ0v) is 17.1. The number of hydrogen-bond acceptors (Lipinski definition) is 3. The highest BCUT2D eigenvalue weighted by molar-refractivity contribution is 5.82. The van der Waals surface area contributed by atoms with Gasteiger partial charge in [0.1, 0.15) is 0 Å². The summed E-state index contributed by atoms with van der Waals surface area (Å²) in [6.45, 7) is 9.42. The fraction of sp³-hybridized carbons (Fsp3) is 0.600. The quantitative estimate of drug-likeness (QED) is 0.633. The van der Waals surface area contributed by atoms with Crippen LogP contribution >= 0.6 is 0 Å². The predicted octanol–water partition coefficient (Wildman–Crippen LogP) is 4.41. The lowest BCUT2D eigenvalue weighted by molar-refractivity contribution is 0.0967. The molecule has 0 bridgehead atoms. The first kappa shape index (κ1) is 18.6. The molecule has 2 saturated heterocycles. The Morgan fingerprint density at radius 1 is 0.857 bits per heavy atom. The largest absolute Gasteiger partial charge is 0.381 e. The Bertz CT molecular complexity index is 773. The molecule has 2 aliphatic heterocycles. The van der Waals surface area contributed by atoms with Gasteiger partial charge in [-0.25, -0.2) is 0 Å². The first-order chi connectivity index (χ1) is 13.9. The lowest BCUT2D eigenvalue weighted by Crippen LogP contribution is -2.31. The van der Waals surface area contributed by atoms with Crippen molar-refractivity contribution in [2.24, 2.45) is 17.8 Å². The van der Waals surface area contributed by atoms with E-state index in [9.17, 15) is 0 Å². The first-order valence-corrected chi connectivity index (χ1v) is 11.4. The molecule has 3 aliphatic rings. The SMILES string of the molecule is c1ccc2cc(CN3C[C@@H]4[C@@H](COCCCN5CCCCC5)[C@@H]4C3)ccc2c1. The Morgan fingerprint density at radius 2 is 1.64 bits per heavy atom.